The molecule has 2 aromatic rings. The minimum absolute atomic E-state index is 0.109. The first-order valence-electron chi connectivity index (χ1n) is 6.64. The minimum atomic E-state index is -0.538. The highest BCUT2D eigenvalue weighted by atomic mass is 16.6. The Hall–Kier alpha value is -3.42. The molecule has 2 aromatic carbocycles. The number of carbonyl (C=O) groups is 2. The molecule has 0 aliphatic heterocycles. The van der Waals surface area contributed by atoms with Crippen LogP contribution in [0.15, 0.2) is 48.5 Å². The molecule has 3 N–H and O–H groups in total. The standard InChI is InChI=1S/C15H14N4O4/c1-10(20)16-11-5-7-12(8-6-11)17-15(21)18-13-3-2-4-14(9-13)19(22)23/h2-9H,1H3,(H,16,20)(H2,17,18,21). The number of hydrogen-bond donors (Lipinski definition) is 3. The normalized spacial score (nSPS) is 9.78. The van der Waals surface area contributed by atoms with E-state index in [1.165, 1.54) is 25.1 Å². The molecule has 118 valence electrons. The number of hydrogen-bond acceptors (Lipinski definition) is 4. The van der Waals surface area contributed by atoms with Crippen LogP contribution in [0.5, 0.6) is 0 Å². The number of nitrogens with one attached hydrogen (secondary N) is 3. The summed E-state index contributed by atoms with van der Waals surface area (Å²) in [4.78, 5) is 32.9. The van der Waals surface area contributed by atoms with E-state index in [9.17, 15) is 19.7 Å². The van der Waals surface area contributed by atoms with Crippen LogP contribution in [-0.2, 0) is 4.79 Å². The maximum Gasteiger partial charge on any atom is 0.323 e. The third-order valence-electron chi connectivity index (χ3n) is 2.78. The van der Waals surface area contributed by atoms with Crippen LogP contribution < -0.4 is 16.0 Å². The monoisotopic (exact) mass is 314 g/mol. The molecule has 8 nitrogen and oxygen atoms in total. The van der Waals surface area contributed by atoms with Gasteiger partial charge in [0.2, 0.25) is 5.91 Å². The number of urea groups is 1. The van der Waals surface area contributed by atoms with Crippen molar-refractivity contribution in [1.29, 1.82) is 0 Å². The van der Waals surface area contributed by atoms with Crippen LogP contribution >= 0.6 is 0 Å². The maximum absolute atomic E-state index is 11.9. The fraction of sp³-hybridized carbons (Fsp3) is 0.0667. The van der Waals surface area contributed by atoms with Crippen molar-refractivity contribution in [2.75, 3.05) is 16.0 Å². The van der Waals surface area contributed by atoms with Gasteiger partial charge in [0.05, 0.1) is 4.92 Å². The Morgan fingerprint density at radius 1 is 0.913 bits per heavy atom. The average Bonchev–Trinajstić information content (AvgIpc) is 2.49. The van der Waals surface area contributed by atoms with Crippen molar-refractivity contribution in [1.82, 2.24) is 0 Å². The number of nitrogens with zero attached hydrogens (tertiary/aromatic N) is 1. The topological polar surface area (TPSA) is 113 Å². The van der Waals surface area contributed by atoms with Crippen LogP contribution in [0.2, 0.25) is 0 Å². The molecule has 0 atom stereocenters. The first-order chi connectivity index (χ1) is 10.9. The van der Waals surface area contributed by atoms with Crippen molar-refractivity contribution in [2.45, 2.75) is 6.92 Å². The third kappa shape index (κ3) is 4.81. The molecule has 0 unspecified atom stereocenters. The molecule has 0 saturated carbocycles. The molecule has 8 heteroatoms. The third-order valence-corrected chi connectivity index (χ3v) is 2.78. The van der Waals surface area contributed by atoms with Crippen LogP contribution in [0, 0.1) is 10.1 Å². The summed E-state index contributed by atoms with van der Waals surface area (Å²) < 4.78 is 0. The van der Waals surface area contributed by atoms with Crippen molar-refractivity contribution in [3.63, 3.8) is 0 Å². The van der Waals surface area contributed by atoms with E-state index in [1.54, 1.807) is 30.3 Å². The summed E-state index contributed by atoms with van der Waals surface area (Å²) in [7, 11) is 0. The first-order valence-corrected chi connectivity index (χ1v) is 6.64. The van der Waals surface area contributed by atoms with Crippen molar-refractivity contribution in [3.8, 4) is 0 Å². The summed E-state index contributed by atoms with van der Waals surface area (Å²) >= 11 is 0. The van der Waals surface area contributed by atoms with Gasteiger partial charge >= 0.3 is 6.03 Å². The molecule has 0 saturated heterocycles. The maximum atomic E-state index is 11.9. The van der Waals surface area contributed by atoms with E-state index in [2.05, 4.69) is 16.0 Å². The Balaban J connectivity index is 1.98. The molecule has 0 aliphatic carbocycles. The second-order valence-corrected chi connectivity index (χ2v) is 4.65. The van der Waals surface area contributed by atoms with Gasteiger partial charge in [-0.2, -0.15) is 0 Å². The highest BCUT2D eigenvalue weighted by Crippen LogP contribution is 2.18. The Kier molecular flexibility index (Phi) is 4.88. The predicted octanol–water partition coefficient (Wildman–Crippen LogP) is 3.20. The van der Waals surface area contributed by atoms with Crippen LogP contribution in [0.3, 0.4) is 0 Å². The van der Waals surface area contributed by atoms with Gasteiger partial charge in [0, 0.05) is 36.1 Å². The van der Waals surface area contributed by atoms with Crippen molar-refractivity contribution < 1.29 is 14.5 Å². The van der Waals surface area contributed by atoms with Crippen LogP contribution in [0.25, 0.3) is 0 Å². The summed E-state index contributed by atoms with van der Waals surface area (Å²) in [6, 6.07) is 11.6. The Morgan fingerprint density at radius 3 is 2.04 bits per heavy atom. The van der Waals surface area contributed by atoms with Crippen LogP contribution in [-0.4, -0.2) is 16.9 Å². The molecular formula is C15H14N4O4. The SMILES string of the molecule is CC(=O)Nc1ccc(NC(=O)Nc2cccc([N+](=O)[O-])c2)cc1. The van der Waals surface area contributed by atoms with Crippen molar-refractivity contribution in [2.24, 2.45) is 0 Å². The lowest BCUT2D eigenvalue weighted by molar-refractivity contribution is -0.384. The number of anilines is 3. The summed E-state index contributed by atoms with van der Waals surface area (Å²) in [5.41, 5.74) is 1.33. The molecule has 0 aromatic heterocycles. The van der Waals surface area contributed by atoms with Gasteiger partial charge in [-0.05, 0) is 30.3 Å². The molecule has 0 aliphatic rings. The van der Waals surface area contributed by atoms with E-state index < -0.39 is 11.0 Å². The van der Waals surface area contributed by atoms with Gasteiger partial charge in [0.15, 0.2) is 0 Å². The summed E-state index contributed by atoms with van der Waals surface area (Å²) in [5, 5.41) is 18.4. The van der Waals surface area contributed by atoms with Gasteiger partial charge in [0.25, 0.3) is 5.69 Å². The van der Waals surface area contributed by atoms with Gasteiger partial charge < -0.3 is 16.0 Å². The predicted molar refractivity (Wildman–Crippen MR) is 86.5 cm³/mol. The molecule has 0 spiro atoms. The zero-order chi connectivity index (χ0) is 16.8. The van der Waals surface area contributed by atoms with Gasteiger partial charge in [-0.3, -0.25) is 14.9 Å². The Labute approximate surface area is 131 Å². The number of non-ortho nitro benzene ring substituents is 1. The molecule has 0 bridgehead atoms. The minimum Gasteiger partial charge on any atom is -0.326 e. The second kappa shape index (κ2) is 7.03. The lowest BCUT2D eigenvalue weighted by atomic mass is 10.2. The highest BCUT2D eigenvalue weighted by Gasteiger charge is 2.08. The summed E-state index contributed by atoms with van der Waals surface area (Å²) in [6.07, 6.45) is 0. The number of benzene rings is 2. The van der Waals surface area contributed by atoms with Crippen molar-refractivity contribution in [3.05, 3.63) is 58.6 Å². The lowest BCUT2D eigenvalue weighted by Crippen LogP contribution is -2.19. The number of amides is 3. The zero-order valence-corrected chi connectivity index (χ0v) is 12.2. The fourth-order valence-electron chi connectivity index (χ4n) is 1.83. The molecule has 0 heterocycles. The van der Waals surface area contributed by atoms with E-state index >= 15 is 0 Å². The quantitative estimate of drug-likeness (QED) is 0.594. The van der Waals surface area contributed by atoms with E-state index in [-0.39, 0.29) is 11.6 Å². The zero-order valence-electron chi connectivity index (χ0n) is 12.2. The number of carbonyl (C=O) groups excluding carboxylic acids is 2. The van der Waals surface area contributed by atoms with Gasteiger partial charge in [-0.15, -0.1) is 0 Å². The van der Waals surface area contributed by atoms with Crippen LogP contribution in [0.4, 0.5) is 27.5 Å². The summed E-state index contributed by atoms with van der Waals surface area (Å²) in [5.74, 6) is -0.186. The molecule has 0 radical (unpaired) electrons. The second-order valence-electron chi connectivity index (χ2n) is 4.65. The van der Waals surface area contributed by atoms with Gasteiger partial charge in [-0.1, -0.05) is 6.07 Å². The number of nitro benzene ring substituents is 1. The smallest absolute Gasteiger partial charge is 0.323 e. The summed E-state index contributed by atoms with van der Waals surface area (Å²) in [6.45, 7) is 1.40. The van der Waals surface area contributed by atoms with E-state index in [0.717, 1.165) is 0 Å². The van der Waals surface area contributed by atoms with E-state index in [4.69, 9.17) is 0 Å². The molecule has 2 rings (SSSR count). The molecular weight excluding hydrogens is 300 g/mol. The Morgan fingerprint density at radius 2 is 1.48 bits per heavy atom. The highest BCUT2D eigenvalue weighted by molar-refractivity contribution is 6.00. The number of nitro groups is 1. The van der Waals surface area contributed by atoms with Gasteiger partial charge in [0.1, 0.15) is 0 Å². The van der Waals surface area contributed by atoms with E-state index in [0.29, 0.717) is 17.1 Å². The number of rotatable bonds is 4. The van der Waals surface area contributed by atoms with E-state index in [1.807, 2.05) is 0 Å². The Bertz CT molecular complexity index is 743. The molecule has 23 heavy (non-hydrogen) atoms. The molecule has 3 amide bonds. The fourth-order valence-corrected chi connectivity index (χ4v) is 1.83. The molecule has 0 fully saturated rings. The van der Waals surface area contributed by atoms with Crippen LogP contribution in [0.1, 0.15) is 6.92 Å². The van der Waals surface area contributed by atoms with Gasteiger partial charge in [-0.25, -0.2) is 4.79 Å². The lowest BCUT2D eigenvalue weighted by Gasteiger charge is -2.08. The first kappa shape index (κ1) is 16.0. The largest absolute Gasteiger partial charge is 0.326 e. The van der Waals surface area contributed by atoms with Crippen molar-refractivity contribution >= 4 is 34.7 Å². The average molecular weight is 314 g/mol.